The summed E-state index contributed by atoms with van der Waals surface area (Å²) in [6.45, 7) is 2.03. The van der Waals surface area contributed by atoms with Crippen molar-refractivity contribution in [2.75, 3.05) is 5.75 Å². The maximum absolute atomic E-state index is 5.39. The van der Waals surface area contributed by atoms with E-state index in [9.17, 15) is 0 Å². The summed E-state index contributed by atoms with van der Waals surface area (Å²) < 4.78 is 0. The van der Waals surface area contributed by atoms with Gasteiger partial charge in [-0.25, -0.2) is 0 Å². The lowest BCUT2D eigenvalue weighted by atomic mass is 10.0. The fourth-order valence-corrected chi connectivity index (χ4v) is 2.98. The van der Waals surface area contributed by atoms with E-state index in [0.717, 1.165) is 11.5 Å². The Morgan fingerprint density at radius 3 is 3.13 bits per heavy atom. The number of thioether (sulfide) groups is 1. The summed E-state index contributed by atoms with van der Waals surface area (Å²) >= 11 is 1.97. The summed E-state index contributed by atoms with van der Waals surface area (Å²) in [5.74, 6) is 4.96. The minimum Gasteiger partial charge on any atom is -0.296 e. The van der Waals surface area contributed by atoms with Gasteiger partial charge in [0, 0.05) is 17.5 Å². The molecule has 2 rings (SSSR count). The Bertz CT molecular complexity index is 380. The maximum atomic E-state index is 5.39. The average molecular weight is 217 g/mol. The van der Waals surface area contributed by atoms with Gasteiger partial charge in [0.2, 0.25) is 0 Å². The van der Waals surface area contributed by atoms with Crippen LogP contribution in [0.4, 0.5) is 0 Å². The number of benzene rings is 1. The maximum Gasteiger partial charge on any atom is 0.0663 e. The molecule has 1 aliphatic heterocycles. The molecule has 0 spiro atoms. The first-order chi connectivity index (χ1) is 7.31. The fraction of sp³-hybridized carbons (Fsp3) is 0.385. The van der Waals surface area contributed by atoms with Crippen molar-refractivity contribution in [2.45, 2.75) is 24.8 Å². The molecule has 0 fully saturated rings. The number of hydrogen-bond acceptors (Lipinski definition) is 2. The van der Waals surface area contributed by atoms with Gasteiger partial charge in [0.05, 0.1) is 6.04 Å². The molecule has 15 heavy (non-hydrogen) atoms. The van der Waals surface area contributed by atoms with Crippen LogP contribution >= 0.6 is 11.8 Å². The molecule has 1 aromatic rings. The lowest BCUT2D eigenvalue weighted by molar-refractivity contribution is 0.547. The van der Waals surface area contributed by atoms with E-state index in [1.54, 1.807) is 0 Å². The van der Waals surface area contributed by atoms with E-state index in [1.165, 1.54) is 11.1 Å². The summed E-state index contributed by atoms with van der Waals surface area (Å²) in [4.78, 5) is 0. The zero-order valence-electron chi connectivity index (χ0n) is 8.86. The molecule has 0 aliphatic carbocycles. The predicted molar refractivity (Wildman–Crippen MR) is 66.8 cm³/mol. The van der Waals surface area contributed by atoms with Gasteiger partial charge in [-0.2, -0.15) is 11.8 Å². The Kier molecular flexibility index (Phi) is 3.35. The van der Waals surface area contributed by atoms with Crippen LogP contribution in [-0.4, -0.2) is 11.8 Å². The van der Waals surface area contributed by atoms with Crippen molar-refractivity contribution < 1.29 is 0 Å². The lowest BCUT2D eigenvalue weighted by Crippen LogP contribution is -2.32. The summed E-state index contributed by atoms with van der Waals surface area (Å²) in [6, 6.07) is 9.16. The number of nitrogens with one attached hydrogen (secondary N) is 1. The highest BCUT2D eigenvalue weighted by molar-refractivity contribution is 7.98. The van der Waals surface area contributed by atoms with Crippen LogP contribution in [0.2, 0.25) is 0 Å². The van der Waals surface area contributed by atoms with Crippen LogP contribution in [-0.2, 0) is 5.75 Å². The molecule has 2 atom stereocenters. The number of rotatable bonds is 2. The van der Waals surface area contributed by atoms with Gasteiger partial charge in [-0.1, -0.05) is 30.2 Å². The Hall–Kier alpha value is -0.910. The SMILES string of the molecule is C#CC(C)NC1CSCc2ccccc21. The van der Waals surface area contributed by atoms with Gasteiger partial charge in [-0.3, -0.25) is 5.32 Å². The van der Waals surface area contributed by atoms with Crippen molar-refractivity contribution >= 4 is 11.8 Å². The Morgan fingerprint density at radius 2 is 2.33 bits per heavy atom. The summed E-state index contributed by atoms with van der Waals surface area (Å²) in [5.41, 5.74) is 2.86. The van der Waals surface area contributed by atoms with Crippen LogP contribution in [0.25, 0.3) is 0 Å². The minimum absolute atomic E-state index is 0.141. The normalized spacial score (nSPS) is 21.5. The fourth-order valence-electron chi connectivity index (χ4n) is 1.87. The molecule has 0 bridgehead atoms. The first kappa shape index (κ1) is 10.6. The third kappa shape index (κ3) is 2.37. The van der Waals surface area contributed by atoms with Crippen molar-refractivity contribution in [1.29, 1.82) is 0 Å². The molecular formula is C13H15NS. The third-order valence-corrected chi connectivity index (χ3v) is 3.76. The second-order valence-electron chi connectivity index (χ2n) is 3.82. The molecule has 1 aliphatic rings. The van der Waals surface area contributed by atoms with Crippen molar-refractivity contribution in [2.24, 2.45) is 0 Å². The van der Waals surface area contributed by atoms with E-state index in [0.29, 0.717) is 6.04 Å². The molecule has 78 valence electrons. The highest BCUT2D eigenvalue weighted by Gasteiger charge is 2.20. The van der Waals surface area contributed by atoms with E-state index in [1.807, 2.05) is 18.7 Å². The van der Waals surface area contributed by atoms with Gasteiger partial charge in [-0.15, -0.1) is 6.42 Å². The second-order valence-corrected chi connectivity index (χ2v) is 4.85. The smallest absolute Gasteiger partial charge is 0.0663 e. The molecule has 2 unspecified atom stereocenters. The lowest BCUT2D eigenvalue weighted by Gasteiger charge is -2.27. The molecule has 1 nitrogen and oxygen atoms in total. The molecule has 1 aromatic carbocycles. The summed E-state index contributed by atoms with van der Waals surface area (Å²) in [5, 5.41) is 3.47. The predicted octanol–water partition coefficient (Wildman–Crippen LogP) is 2.59. The molecule has 0 saturated heterocycles. The van der Waals surface area contributed by atoms with Gasteiger partial charge in [-0.05, 0) is 18.1 Å². The Labute approximate surface area is 95.7 Å². The van der Waals surface area contributed by atoms with Crippen molar-refractivity contribution in [3.8, 4) is 12.3 Å². The minimum atomic E-state index is 0.141. The Balaban J connectivity index is 2.19. The quantitative estimate of drug-likeness (QED) is 0.764. The highest BCUT2D eigenvalue weighted by atomic mass is 32.2. The molecule has 0 saturated carbocycles. The van der Waals surface area contributed by atoms with E-state index in [-0.39, 0.29) is 6.04 Å². The molecule has 1 N–H and O–H groups in total. The van der Waals surface area contributed by atoms with Gasteiger partial charge >= 0.3 is 0 Å². The van der Waals surface area contributed by atoms with E-state index >= 15 is 0 Å². The highest BCUT2D eigenvalue weighted by Crippen LogP contribution is 2.31. The standard InChI is InChI=1S/C13H15NS/c1-3-10(2)14-13-9-15-8-11-6-4-5-7-12(11)13/h1,4-7,10,13-14H,8-9H2,2H3. The Morgan fingerprint density at radius 1 is 1.53 bits per heavy atom. The monoisotopic (exact) mass is 217 g/mol. The number of fused-ring (bicyclic) bond motifs is 1. The molecule has 2 heteroatoms. The van der Waals surface area contributed by atoms with Gasteiger partial charge in [0.25, 0.3) is 0 Å². The van der Waals surface area contributed by atoms with Gasteiger partial charge < -0.3 is 0 Å². The van der Waals surface area contributed by atoms with Crippen molar-refractivity contribution in [3.05, 3.63) is 35.4 Å². The van der Waals surface area contributed by atoms with Crippen LogP contribution in [0.1, 0.15) is 24.1 Å². The topological polar surface area (TPSA) is 12.0 Å². The first-order valence-corrected chi connectivity index (χ1v) is 6.34. The van der Waals surface area contributed by atoms with Crippen LogP contribution in [0, 0.1) is 12.3 Å². The summed E-state index contributed by atoms with van der Waals surface area (Å²) in [7, 11) is 0. The zero-order valence-corrected chi connectivity index (χ0v) is 9.68. The second kappa shape index (κ2) is 4.74. The summed E-state index contributed by atoms with van der Waals surface area (Å²) in [6.07, 6.45) is 5.39. The molecule has 0 aromatic heterocycles. The zero-order chi connectivity index (χ0) is 10.7. The molecule has 1 heterocycles. The molecule has 0 radical (unpaired) electrons. The van der Waals surface area contributed by atoms with Crippen LogP contribution in [0.3, 0.4) is 0 Å². The van der Waals surface area contributed by atoms with Crippen LogP contribution in [0.5, 0.6) is 0 Å². The third-order valence-electron chi connectivity index (χ3n) is 2.67. The average Bonchev–Trinajstić information content (AvgIpc) is 2.29. The van der Waals surface area contributed by atoms with Crippen LogP contribution in [0.15, 0.2) is 24.3 Å². The number of hydrogen-bond donors (Lipinski definition) is 1. The first-order valence-electron chi connectivity index (χ1n) is 5.19. The van der Waals surface area contributed by atoms with E-state index in [2.05, 4.69) is 35.5 Å². The van der Waals surface area contributed by atoms with Crippen molar-refractivity contribution in [1.82, 2.24) is 5.32 Å². The van der Waals surface area contributed by atoms with Gasteiger partial charge in [0.1, 0.15) is 0 Å². The molecule has 0 amide bonds. The molecular weight excluding hydrogens is 202 g/mol. The van der Waals surface area contributed by atoms with Crippen LogP contribution < -0.4 is 5.32 Å². The number of terminal acetylenes is 1. The van der Waals surface area contributed by atoms with E-state index < -0.39 is 0 Å². The van der Waals surface area contributed by atoms with Crippen molar-refractivity contribution in [3.63, 3.8) is 0 Å². The van der Waals surface area contributed by atoms with E-state index in [4.69, 9.17) is 6.42 Å². The van der Waals surface area contributed by atoms with Gasteiger partial charge in [0.15, 0.2) is 0 Å². The largest absolute Gasteiger partial charge is 0.296 e.